The lowest BCUT2D eigenvalue weighted by atomic mass is 10.0. The van der Waals surface area contributed by atoms with E-state index in [1.807, 2.05) is 13.1 Å². The van der Waals surface area contributed by atoms with Crippen LogP contribution >= 0.6 is 0 Å². The van der Waals surface area contributed by atoms with Crippen molar-refractivity contribution in [1.29, 1.82) is 0 Å². The molecule has 0 aromatic carbocycles. The smallest absolute Gasteiger partial charge is 0.253 e. The van der Waals surface area contributed by atoms with Crippen molar-refractivity contribution in [3.05, 3.63) is 36.5 Å². The van der Waals surface area contributed by atoms with Gasteiger partial charge in [-0.1, -0.05) is 6.08 Å². The molecule has 1 aromatic heterocycles. The highest BCUT2D eigenvalue weighted by atomic mass is 16.5. The van der Waals surface area contributed by atoms with Crippen LogP contribution in [0, 0.1) is 5.92 Å². The van der Waals surface area contributed by atoms with E-state index in [0.29, 0.717) is 18.0 Å². The topological polar surface area (TPSA) is 54.5 Å². The van der Waals surface area contributed by atoms with E-state index < -0.39 is 0 Å². The Morgan fingerprint density at radius 1 is 1.62 bits per heavy atom. The molecule has 5 nitrogen and oxygen atoms in total. The lowest BCUT2D eigenvalue weighted by Crippen LogP contribution is -2.31. The van der Waals surface area contributed by atoms with E-state index in [0.717, 1.165) is 32.0 Å². The Labute approximate surface area is 126 Å². The van der Waals surface area contributed by atoms with E-state index in [1.165, 1.54) is 6.42 Å². The van der Waals surface area contributed by atoms with Crippen molar-refractivity contribution in [3.63, 3.8) is 0 Å². The van der Waals surface area contributed by atoms with Gasteiger partial charge in [-0.2, -0.15) is 0 Å². The van der Waals surface area contributed by atoms with Gasteiger partial charge in [-0.3, -0.25) is 4.79 Å². The third-order valence-electron chi connectivity index (χ3n) is 3.59. The maximum absolute atomic E-state index is 11.8. The first kappa shape index (κ1) is 15.5. The summed E-state index contributed by atoms with van der Waals surface area (Å²) >= 11 is 0. The molecule has 0 aliphatic carbocycles. The van der Waals surface area contributed by atoms with E-state index in [1.54, 1.807) is 18.3 Å². The predicted octanol–water partition coefficient (Wildman–Crippen LogP) is 1.86. The van der Waals surface area contributed by atoms with Crippen LogP contribution in [0.15, 0.2) is 31.0 Å². The zero-order valence-electron chi connectivity index (χ0n) is 12.5. The van der Waals surface area contributed by atoms with Crippen molar-refractivity contribution in [2.24, 2.45) is 5.92 Å². The second kappa shape index (κ2) is 7.78. The molecule has 1 aliphatic heterocycles. The summed E-state index contributed by atoms with van der Waals surface area (Å²) in [5.74, 6) is 1.30. The molecule has 114 valence electrons. The van der Waals surface area contributed by atoms with Crippen molar-refractivity contribution in [2.75, 3.05) is 38.3 Å². The van der Waals surface area contributed by atoms with Crippen LogP contribution in [0.3, 0.4) is 0 Å². The maximum atomic E-state index is 11.8. The van der Waals surface area contributed by atoms with Crippen LogP contribution < -0.4 is 10.2 Å². The van der Waals surface area contributed by atoms with Gasteiger partial charge in [0.1, 0.15) is 5.82 Å². The molecule has 0 bridgehead atoms. The number of carbonyl (C=O) groups is 1. The normalized spacial score (nSPS) is 18.0. The fourth-order valence-corrected chi connectivity index (χ4v) is 2.45. The molecule has 1 fully saturated rings. The van der Waals surface area contributed by atoms with Crippen LogP contribution in [0.5, 0.6) is 0 Å². The molecule has 1 atom stereocenters. The summed E-state index contributed by atoms with van der Waals surface area (Å²) in [5, 5.41) is 2.74. The number of hydrogen-bond donors (Lipinski definition) is 1. The van der Waals surface area contributed by atoms with Crippen molar-refractivity contribution >= 4 is 11.7 Å². The van der Waals surface area contributed by atoms with Crippen LogP contribution in [0.2, 0.25) is 0 Å². The van der Waals surface area contributed by atoms with E-state index in [2.05, 4.69) is 21.8 Å². The Bertz CT molecular complexity index is 467. The Kier molecular flexibility index (Phi) is 5.75. The minimum Gasteiger partial charge on any atom is -0.381 e. The first-order chi connectivity index (χ1) is 10.2. The van der Waals surface area contributed by atoms with E-state index in [-0.39, 0.29) is 5.91 Å². The quantitative estimate of drug-likeness (QED) is 0.812. The number of anilines is 1. The molecule has 1 saturated heterocycles. The van der Waals surface area contributed by atoms with Gasteiger partial charge in [0, 0.05) is 32.9 Å². The summed E-state index contributed by atoms with van der Waals surface area (Å²) in [6.45, 7) is 6.67. The predicted molar refractivity (Wildman–Crippen MR) is 83.6 cm³/mol. The van der Waals surface area contributed by atoms with E-state index >= 15 is 0 Å². The fraction of sp³-hybridized carbons (Fsp3) is 0.500. The number of nitrogens with zero attached hydrogens (tertiary/aromatic N) is 2. The first-order valence-corrected chi connectivity index (χ1v) is 7.34. The number of pyridine rings is 1. The van der Waals surface area contributed by atoms with Crippen LogP contribution in [-0.4, -0.2) is 44.2 Å². The van der Waals surface area contributed by atoms with Crippen molar-refractivity contribution in [1.82, 2.24) is 10.3 Å². The molecule has 21 heavy (non-hydrogen) atoms. The number of aromatic nitrogens is 1. The number of carbonyl (C=O) groups excluding carboxylic acids is 1. The number of nitrogens with one attached hydrogen (secondary N) is 1. The van der Waals surface area contributed by atoms with Gasteiger partial charge in [0.25, 0.3) is 5.91 Å². The van der Waals surface area contributed by atoms with Crippen molar-refractivity contribution in [2.45, 2.75) is 12.8 Å². The van der Waals surface area contributed by atoms with Crippen LogP contribution in [0.25, 0.3) is 0 Å². The van der Waals surface area contributed by atoms with Crippen LogP contribution in [0.4, 0.5) is 5.82 Å². The van der Waals surface area contributed by atoms with Gasteiger partial charge in [0.2, 0.25) is 0 Å². The minimum absolute atomic E-state index is 0.128. The highest BCUT2D eigenvalue weighted by Crippen LogP contribution is 2.17. The second-order valence-electron chi connectivity index (χ2n) is 5.37. The molecular formula is C16H23N3O2. The standard InChI is InChI=1S/C16H23N3O2/c1-3-8-17-16(20)14-6-7-15(18-10-14)19(2)11-13-5-4-9-21-12-13/h3,6-7,10,13H,1,4-5,8-9,11-12H2,2H3,(H,17,20). The third-order valence-corrected chi connectivity index (χ3v) is 3.59. The minimum atomic E-state index is -0.128. The first-order valence-electron chi connectivity index (χ1n) is 7.34. The SMILES string of the molecule is C=CCNC(=O)c1ccc(N(C)CC2CCCOC2)nc1. The molecule has 1 unspecified atom stereocenters. The van der Waals surface area contributed by atoms with E-state index in [4.69, 9.17) is 4.74 Å². The zero-order chi connectivity index (χ0) is 15.1. The van der Waals surface area contributed by atoms with E-state index in [9.17, 15) is 4.79 Å². The van der Waals surface area contributed by atoms with Crippen molar-refractivity contribution < 1.29 is 9.53 Å². The number of hydrogen-bond acceptors (Lipinski definition) is 4. The average Bonchev–Trinajstić information content (AvgIpc) is 2.53. The molecule has 0 radical (unpaired) electrons. The largest absolute Gasteiger partial charge is 0.381 e. The van der Waals surface area contributed by atoms with Crippen LogP contribution in [-0.2, 0) is 4.74 Å². The van der Waals surface area contributed by atoms with Gasteiger partial charge < -0.3 is 15.0 Å². The molecule has 5 heteroatoms. The van der Waals surface area contributed by atoms with Gasteiger partial charge in [0.15, 0.2) is 0 Å². The van der Waals surface area contributed by atoms with Crippen molar-refractivity contribution in [3.8, 4) is 0 Å². The monoisotopic (exact) mass is 289 g/mol. The average molecular weight is 289 g/mol. The molecule has 0 spiro atoms. The Morgan fingerprint density at radius 3 is 3.10 bits per heavy atom. The molecule has 1 amide bonds. The summed E-state index contributed by atoms with van der Waals surface area (Å²) in [4.78, 5) is 18.3. The Balaban J connectivity index is 1.91. The summed E-state index contributed by atoms with van der Waals surface area (Å²) in [5.41, 5.74) is 0.565. The maximum Gasteiger partial charge on any atom is 0.253 e. The van der Waals surface area contributed by atoms with Crippen LogP contribution in [0.1, 0.15) is 23.2 Å². The summed E-state index contributed by atoms with van der Waals surface area (Å²) in [6.07, 6.45) is 5.60. The molecule has 2 heterocycles. The number of ether oxygens (including phenoxy) is 1. The third kappa shape index (κ3) is 4.56. The van der Waals surface area contributed by atoms with Gasteiger partial charge >= 0.3 is 0 Å². The molecular weight excluding hydrogens is 266 g/mol. The highest BCUT2D eigenvalue weighted by Gasteiger charge is 2.16. The van der Waals surface area contributed by atoms with Gasteiger partial charge in [-0.25, -0.2) is 4.98 Å². The molecule has 2 rings (SSSR count). The molecule has 0 saturated carbocycles. The molecule has 1 aromatic rings. The van der Waals surface area contributed by atoms with Gasteiger partial charge in [-0.15, -0.1) is 6.58 Å². The lowest BCUT2D eigenvalue weighted by Gasteiger charge is -2.27. The Hall–Kier alpha value is -1.88. The lowest BCUT2D eigenvalue weighted by molar-refractivity contribution is 0.0576. The van der Waals surface area contributed by atoms with Gasteiger partial charge in [0.05, 0.1) is 12.2 Å². The zero-order valence-corrected chi connectivity index (χ0v) is 12.5. The highest BCUT2D eigenvalue weighted by molar-refractivity contribution is 5.94. The second-order valence-corrected chi connectivity index (χ2v) is 5.37. The molecule has 1 aliphatic rings. The molecule has 1 N–H and O–H groups in total. The van der Waals surface area contributed by atoms with Gasteiger partial charge in [-0.05, 0) is 30.9 Å². The summed E-state index contributed by atoms with van der Waals surface area (Å²) in [7, 11) is 2.02. The summed E-state index contributed by atoms with van der Waals surface area (Å²) in [6, 6.07) is 3.68. The number of rotatable bonds is 6. The Morgan fingerprint density at radius 2 is 2.48 bits per heavy atom. The number of amides is 1. The summed E-state index contributed by atoms with van der Waals surface area (Å²) < 4.78 is 5.50. The fourth-order valence-electron chi connectivity index (χ4n) is 2.45.